The predicted molar refractivity (Wildman–Crippen MR) is 67.4 cm³/mol. The summed E-state index contributed by atoms with van der Waals surface area (Å²) in [5.74, 6) is 0.861. The van der Waals surface area contributed by atoms with Crippen molar-refractivity contribution < 1.29 is 14.9 Å². The summed E-state index contributed by atoms with van der Waals surface area (Å²) in [5.41, 5.74) is -0.556. The molecule has 0 aromatic heterocycles. The molecule has 0 unspecified atom stereocenters. The van der Waals surface area contributed by atoms with Gasteiger partial charge in [0, 0.05) is 5.56 Å². The third kappa shape index (κ3) is 2.19. The summed E-state index contributed by atoms with van der Waals surface area (Å²) >= 11 is 0. The average molecular weight is 232 g/mol. The number of phenolic OH excluding ortho intramolecular Hbond substituents is 1. The van der Waals surface area contributed by atoms with Gasteiger partial charge in [-0.25, -0.2) is 0 Å². The quantitative estimate of drug-likeness (QED) is 0.837. The van der Waals surface area contributed by atoms with Gasteiger partial charge in [-0.3, -0.25) is 0 Å². The number of benzene rings is 2. The first-order chi connectivity index (χ1) is 7.91. The lowest BCUT2D eigenvalue weighted by Gasteiger charge is -2.20. The average Bonchev–Trinajstić information content (AvgIpc) is 2.26. The third-order valence-corrected chi connectivity index (χ3v) is 2.82. The van der Waals surface area contributed by atoms with Crippen LogP contribution in [0.2, 0.25) is 0 Å². The molecule has 0 atom stereocenters. The normalized spacial score (nSPS) is 11.8. The summed E-state index contributed by atoms with van der Waals surface area (Å²) < 4.78 is 5.15. The minimum absolute atomic E-state index is 0.107. The maximum atomic E-state index is 9.96. The van der Waals surface area contributed by atoms with E-state index in [2.05, 4.69) is 0 Å². The van der Waals surface area contributed by atoms with Gasteiger partial charge in [0.25, 0.3) is 0 Å². The molecule has 0 aliphatic heterocycles. The Bertz CT molecular complexity index is 553. The van der Waals surface area contributed by atoms with E-state index in [4.69, 9.17) is 4.74 Å². The van der Waals surface area contributed by atoms with Crippen LogP contribution < -0.4 is 4.74 Å². The van der Waals surface area contributed by atoms with E-state index in [9.17, 15) is 10.2 Å². The summed E-state index contributed by atoms with van der Waals surface area (Å²) in [7, 11) is 1.61. The van der Waals surface area contributed by atoms with E-state index in [0.29, 0.717) is 5.56 Å². The fourth-order valence-corrected chi connectivity index (χ4v) is 1.88. The Morgan fingerprint density at radius 2 is 1.76 bits per heavy atom. The molecular weight excluding hydrogens is 216 g/mol. The number of phenols is 1. The fourth-order valence-electron chi connectivity index (χ4n) is 1.88. The number of fused-ring (bicyclic) bond motifs is 1. The molecule has 0 bridgehead atoms. The highest BCUT2D eigenvalue weighted by atomic mass is 16.5. The van der Waals surface area contributed by atoms with E-state index in [-0.39, 0.29) is 5.75 Å². The van der Waals surface area contributed by atoms with Gasteiger partial charge in [-0.2, -0.15) is 0 Å². The van der Waals surface area contributed by atoms with Gasteiger partial charge in [0.2, 0.25) is 0 Å². The van der Waals surface area contributed by atoms with Crippen LogP contribution in [0.1, 0.15) is 19.4 Å². The smallest absolute Gasteiger partial charge is 0.122 e. The van der Waals surface area contributed by atoms with Crippen LogP contribution in [0.5, 0.6) is 11.5 Å². The molecule has 2 aromatic carbocycles. The van der Waals surface area contributed by atoms with E-state index in [1.165, 1.54) is 0 Å². The zero-order valence-electron chi connectivity index (χ0n) is 10.2. The maximum absolute atomic E-state index is 9.96. The zero-order valence-corrected chi connectivity index (χ0v) is 10.2. The van der Waals surface area contributed by atoms with Crippen LogP contribution in [0.4, 0.5) is 0 Å². The molecule has 2 aromatic rings. The van der Waals surface area contributed by atoms with Gasteiger partial charge >= 0.3 is 0 Å². The zero-order chi connectivity index (χ0) is 12.6. The number of aromatic hydroxyl groups is 1. The van der Waals surface area contributed by atoms with Crippen molar-refractivity contribution in [2.75, 3.05) is 7.11 Å². The van der Waals surface area contributed by atoms with Gasteiger partial charge in [0.05, 0.1) is 12.7 Å². The highest BCUT2D eigenvalue weighted by molar-refractivity contribution is 5.86. The Hall–Kier alpha value is -1.74. The molecule has 0 radical (unpaired) electrons. The number of aliphatic hydroxyl groups is 1. The standard InChI is InChI=1S/C14H16O3/c1-14(2,16)12-7-10-6-11(17-3)5-4-9(10)8-13(12)15/h4-8,15-16H,1-3H3. The molecule has 2 rings (SSSR count). The van der Waals surface area contributed by atoms with Gasteiger partial charge in [0.1, 0.15) is 11.5 Å². The van der Waals surface area contributed by atoms with Gasteiger partial charge in [-0.15, -0.1) is 0 Å². The Labute approximate surface area is 100 Å². The SMILES string of the molecule is COc1ccc2cc(O)c(C(C)(C)O)cc2c1. The minimum atomic E-state index is -1.07. The number of methoxy groups -OCH3 is 1. The summed E-state index contributed by atoms with van der Waals surface area (Å²) in [5, 5.41) is 21.7. The van der Waals surface area contributed by atoms with Crippen LogP contribution in [0.3, 0.4) is 0 Å². The monoisotopic (exact) mass is 232 g/mol. The predicted octanol–water partition coefficient (Wildman–Crippen LogP) is 2.78. The summed E-state index contributed by atoms with van der Waals surface area (Å²) in [6.07, 6.45) is 0. The highest BCUT2D eigenvalue weighted by Gasteiger charge is 2.20. The van der Waals surface area contributed by atoms with Crippen molar-refractivity contribution in [1.82, 2.24) is 0 Å². The van der Waals surface area contributed by atoms with Crippen molar-refractivity contribution in [2.24, 2.45) is 0 Å². The van der Waals surface area contributed by atoms with Crippen LogP contribution in [0.15, 0.2) is 30.3 Å². The van der Waals surface area contributed by atoms with Crippen molar-refractivity contribution in [3.8, 4) is 11.5 Å². The summed E-state index contributed by atoms with van der Waals surface area (Å²) in [6.45, 7) is 3.29. The van der Waals surface area contributed by atoms with Crippen LogP contribution in [-0.4, -0.2) is 17.3 Å². The highest BCUT2D eigenvalue weighted by Crippen LogP contribution is 2.33. The molecule has 0 aliphatic rings. The summed E-state index contributed by atoms with van der Waals surface area (Å²) in [6, 6.07) is 9.03. The first-order valence-corrected chi connectivity index (χ1v) is 5.45. The molecule has 0 heterocycles. The topological polar surface area (TPSA) is 49.7 Å². The van der Waals surface area contributed by atoms with E-state index < -0.39 is 5.60 Å². The molecule has 90 valence electrons. The van der Waals surface area contributed by atoms with Gasteiger partial charge < -0.3 is 14.9 Å². The first-order valence-electron chi connectivity index (χ1n) is 5.45. The van der Waals surface area contributed by atoms with Crippen LogP contribution in [-0.2, 0) is 5.60 Å². The van der Waals surface area contributed by atoms with E-state index >= 15 is 0 Å². The van der Waals surface area contributed by atoms with Crippen molar-refractivity contribution in [2.45, 2.75) is 19.4 Å². The number of ether oxygens (including phenoxy) is 1. The molecule has 0 aliphatic carbocycles. The lowest BCUT2D eigenvalue weighted by Crippen LogP contribution is -2.15. The van der Waals surface area contributed by atoms with E-state index in [1.807, 2.05) is 18.2 Å². The van der Waals surface area contributed by atoms with Gasteiger partial charge in [-0.1, -0.05) is 6.07 Å². The van der Waals surface area contributed by atoms with Gasteiger partial charge in [0.15, 0.2) is 0 Å². The molecule has 0 spiro atoms. The van der Waals surface area contributed by atoms with Gasteiger partial charge in [-0.05, 0) is 48.9 Å². The number of hydrogen-bond acceptors (Lipinski definition) is 3. The second-order valence-electron chi connectivity index (χ2n) is 4.64. The Balaban J connectivity index is 2.69. The Morgan fingerprint density at radius 3 is 2.35 bits per heavy atom. The molecule has 0 saturated carbocycles. The number of rotatable bonds is 2. The van der Waals surface area contributed by atoms with Crippen LogP contribution in [0, 0.1) is 0 Å². The number of hydrogen-bond donors (Lipinski definition) is 2. The molecule has 0 fully saturated rings. The van der Waals surface area contributed by atoms with Crippen LogP contribution >= 0.6 is 0 Å². The molecule has 2 N–H and O–H groups in total. The molecule has 0 saturated heterocycles. The lowest BCUT2D eigenvalue weighted by atomic mass is 9.94. The molecule has 17 heavy (non-hydrogen) atoms. The lowest BCUT2D eigenvalue weighted by molar-refractivity contribution is 0.0760. The van der Waals surface area contributed by atoms with Crippen molar-refractivity contribution in [1.29, 1.82) is 0 Å². The molecule has 0 amide bonds. The minimum Gasteiger partial charge on any atom is -0.508 e. The first kappa shape index (κ1) is 11.7. The van der Waals surface area contributed by atoms with Crippen molar-refractivity contribution in [3.05, 3.63) is 35.9 Å². The molecule has 3 nitrogen and oxygen atoms in total. The van der Waals surface area contributed by atoms with E-state index in [0.717, 1.165) is 16.5 Å². The Kier molecular flexibility index (Phi) is 2.71. The second-order valence-corrected chi connectivity index (χ2v) is 4.64. The maximum Gasteiger partial charge on any atom is 0.122 e. The third-order valence-electron chi connectivity index (χ3n) is 2.82. The molecular formula is C14H16O3. The van der Waals surface area contributed by atoms with Crippen molar-refractivity contribution >= 4 is 10.8 Å². The largest absolute Gasteiger partial charge is 0.508 e. The van der Waals surface area contributed by atoms with Crippen LogP contribution in [0.25, 0.3) is 10.8 Å². The van der Waals surface area contributed by atoms with E-state index in [1.54, 1.807) is 33.1 Å². The Morgan fingerprint density at radius 1 is 1.06 bits per heavy atom. The molecule has 3 heteroatoms. The summed E-state index contributed by atoms with van der Waals surface area (Å²) in [4.78, 5) is 0. The van der Waals surface area contributed by atoms with Crippen molar-refractivity contribution in [3.63, 3.8) is 0 Å². The fraction of sp³-hybridized carbons (Fsp3) is 0.286. The second kappa shape index (κ2) is 3.93.